The van der Waals surface area contributed by atoms with Crippen molar-refractivity contribution in [3.05, 3.63) is 87.4 Å². The van der Waals surface area contributed by atoms with Crippen LogP contribution < -0.4 is 14.4 Å². The number of para-hydroxylation sites is 1. The highest BCUT2D eigenvalue weighted by molar-refractivity contribution is 6.31. The highest BCUT2D eigenvalue weighted by Crippen LogP contribution is 2.45. The summed E-state index contributed by atoms with van der Waals surface area (Å²) in [6.45, 7) is 12.9. The summed E-state index contributed by atoms with van der Waals surface area (Å²) >= 11 is 12.9. The minimum Gasteiger partial charge on any atom is -0.492 e. The number of anilines is 1. The molecule has 0 saturated heterocycles. The molecule has 0 radical (unpaired) electrons. The lowest BCUT2D eigenvalue weighted by Crippen LogP contribution is -2.44. The number of nitrogens with zero attached hydrogens (tertiary/aromatic N) is 2. The van der Waals surface area contributed by atoms with Gasteiger partial charge in [0.05, 0.1) is 20.1 Å². The maximum Gasteiger partial charge on any atom is 0.410 e. The first-order chi connectivity index (χ1) is 24.5. The van der Waals surface area contributed by atoms with Gasteiger partial charge in [0.2, 0.25) is 0 Å². The molecule has 4 rings (SSSR count). The minimum atomic E-state index is -1.28. The van der Waals surface area contributed by atoms with Crippen LogP contribution in [-0.2, 0) is 25.5 Å². The monoisotopic (exact) mass is 756 g/mol. The quantitative estimate of drug-likeness (QED) is 0.162. The number of methoxy groups -OCH3 is 1. The molecule has 0 spiro atoms. The molecule has 282 valence electrons. The van der Waals surface area contributed by atoms with Crippen molar-refractivity contribution in [2.75, 3.05) is 38.3 Å². The van der Waals surface area contributed by atoms with Crippen molar-refractivity contribution in [1.29, 1.82) is 0 Å². The number of benzene rings is 3. The highest BCUT2D eigenvalue weighted by atomic mass is 35.5. The van der Waals surface area contributed by atoms with Crippen LogP contribution in [-0.4, -0.2) is 73.0 Å². The van der Waals surface area contributed by atoms with Gasteiger partial charge in [-0.05, 0) is 81.3 Å². The molecule has 2 atom stereocenters. The van der Waals surface area contributed by atoms with Gasteiger partial charge < -0.3 is 33.9 Å². The molecule has 10 nitrogen and oxygen atoms in total. The molecule has 2 unspecified atom stereocenters. The van der Waals surface area contributed by atoms with Gasteiger partial charge in [0.1, 0.15) is 17.8 Å². The van der Waals surface area contributed by atoms with E-state index in [1.54, 1.807) is 46.2 Å². The van der Waals surface area contributed by atoms with Gasteiger partial charge in [-0.2, -0.15) is 0 Å². The molecule has 1 aliphatic heterocycles. The molecule has 1 aliphatic rings. The number of halogens is 2. The first kappa shape index (κ1) is 40.8. The van der Waals surface area contributed by atoms with Crippen molar-refractivity contribution >= 4 is 46.9 Å². The Labute approximate surface area is 316 Å². The van der Waals surface area contributed by atoms with Gasteiger partial charge >= 0.3 is 12.1 Å². The number of fused-ring (bicyclic) bond motifs is 1. The third-order valence-electron chi connectivity index (χ3n) is 8.21. The average Bonchev–Trinajstić information content (AvgIpc) is 3.15. The molecule has 0 saturated carbocycles. The van der Waals surface area contributed by atoms with Crippen LogP contribution >= 0.6 is 23.2 Å². The summed E-state index contributed by atoms with van der Waals surface area (Å²) in [6, 6.07) is 18.2. The zero-order chi connectivity index (χ0) is 38.2. The van der Waals surface area contributed by atoms with E-state index in [4.69, 9.17) is 42.1 Å². The Morgan fingerprint density at radius 3 is 2.31 bits per heavy atom. The Hall–Kier alpha value is -3.99. The lowest BCUT2D eigenvalue weighted by atomic mass is 9.94. The SMILES string of the molecule is COc1c(OCCCN(CCCc2ccccc2Cl)C(=O)OC(C)(C)C)cccc1C1OC(CC(=O)O)C(=O)N(CC(C)(C)C)c2ccc(Cl)cc21. The highest BCUT2D eigenvalue weighted by Gasteiger charge is 2.40. The normalized spacial score (nSPS) is 16.2. The largest absolute Gasteiger partial charge is 0.492 e. The predicted molar refractivity (Wildman–Crippen MR) is 203 cm³/mol. The van der Waals surface area contributed by atoms with Crippen LogP contribution in [0.4, 0.5) is 10.5 Å². The summed E-state index contributed by atoms with van der Waals surface area (Å²) in [5, 5.41) is 10.9. The Morgan fingerprint density at radius 2 is 1.65 bits per heavy atom. The van der Waals surface area contributed by atoms with Crippen molar-refractivity contribution in [1.82, 2.24) is 4.90 Å². The number of rotatable bonds is 14. The van der Waals surface area contributed by atoms with Crippen molar-refractivity contribution in [2.24, 2.45) is 5.41 Å². The number of amides is 2. The topological polar surface area (TPSA) is 115 Å². The fourth-order valence-corrected chi connectivity index (χ4v) is 6.44. The summed E-state index contributed by atoms with van der Waals surface area (Å²) in [5.74, 6) is -0.819. The number of aryl methyl sites for hydroxylation is 1. The molecule has 2 amide bonds. The van der Waals surface area contributed by atoms with Gasteiger partial charge in [-0.1, -0.05) is 74.3 Å². The second-order valence-corrected chi connectivity index (χ2v) is 15.9. The Bertz CT molecular complexity index is 1720. The molecular weight excluding hydrogens is 707 g/mol. The number of carboxylic acids is 1. The summed E-state index contributed by atoms with van der Waals surface area (Å²) in [4.78, 5) is 42.3. The van der Waals surface area contributed by atoms with Gasteiger partial charge in [0.15, 0.2) is 11.5 Å². The molecule has 1 N–H and O–H groups in total. The van der Waals surface area contributed by atoms with Crippen LogP contribution in [0.25, 0.3) is 0 Å². The van der Waals surface area contributed by atoms with Crippen molar-refractivity contribution < 1.29 is 38.4 Å². The third kappa shape index (κ3) is 11.3. The average molecular weight is 758 g/mol. The van der Waals surface area contributed by atoms with Gasteiger partial charge in [-0.25, -0.2) is 4.79 Å². The Kier molecular flexibility index (Phi) is 13.9. The standard InChI is InChI=1S/C40H50Cl2N2O8/c1-39(2,3)25-44-31-19-18-27(41)23-29(31)35(51-33(37(44)47)24-34(45)46)28-15-10-17-32(36(28)49-7)50-22-12-21-43(38(48)52-40(4,5)6)20-11-14-26-13-8-9-16-30(26)42/h8-10,13,15-19,23,33,35H,11-12,14,20-22,24-25H2,1-7H3,(H,45,46). The second kappa shape index (κ2) is 17.7. The van der Waals surface area contributed by atoms with Crippen LogP contribution in [0, 0.1) is 5.41 Å². The number of ether oxygens (including phenoxy) is 4. The summed E-state index contributed by atoms with van der Waals surface area (Å²) < 4.78 is 24.2. The maximum absolute atomic E-state index is 13.9. The molecule has 12 heteroatoms. The second-order valence-electron chi connectivity index (χ2n) is 15.0. The molecule has 3 aromatic rings. The van der Waals surface area contributed by atoms with E-state index >= 15 is 0 Å². The lowest BCUT2D eigenvalue weighted by molar-refractivity contribution is -0.147. The Balaban J connectivity index is 1.57. The molecule has 0 aromatic heterocycles. The van der Waals surface area contributed by atoms with E-state index in [0.29, 0.717) is 77.3 Å². The van der Waals surface area contributed by atoms with E-state index < -0.39 is 42.2 Å². The molecular formula is C40H50Cl2N2O8. The van der Waals surface area contributed by atoms with Gasteiger partial charge in [-0.15, -0.1) is 0 Å². The van der Waals surface area contributed by atoms with E-state index in [1.165, 1.54) is 7.11 Å². The fraction of sp³-hybridized carbons (Fsp3) is 0.475. The molecule has 1 heterocycles. The summed E-state index contributed by atoms with van der Waals surface area (Å²) in [6.07, 6.45) is -1.21. The summed E-state index contributed by atoms with van der Waals surface area (Å²) in [7, 11) is 1.51. The van der Waals surface area contributed by atoms with Crippen LogP contribution in [0.15, 0.2) is 60.7 Å². The van der Waals surface area contributed by atoms with Crippen molar-refractivity contribution in [2.45, 2.75) is 85.0 Å². The van der Waals surface area contributed by atoms with Crippen LogP contribution in [0.2, 0.25) is 10.0 Å². The number of hydrogen-bond donors (Lipinski definition) is 1. The number of hydrogen-bond acceptors (Lipinski definition) is 7. The molecule has 0 fully saturated rings. The minimum absolute atomic E-state index is 0.247. The van der Waals surface area contributed by atoms with Crippen LogP contribution in [0.1, 0.15) is 83.6 Å². The van der Waals surface area contributed by atoms with E-state index in [0.717, 1.165) is 5.56 Å². The first-order valence-corrected chi connectivity index (χ1v) is 18.2. The molecule has 0 bridgehead atoms. The Morgan fingerprint density at radius 1 is 0.942 bits per heavy atom. The number of carboxylic acid groups (broad SMARTS) is 1. The maximum atomic E-state index is 13.9. The van der Waals surface area contributed by atoms with Crippen LogP contribution in [0.3, 0.4) is 0 Å². The van der Waals surface area contributed by atoms with Gasteiger partial charge in [0, 0.05) is 46.5 Å². The van der Waals surface area contributed by atoms with E-state index in [2.05, 4.69) is 0 Å². The van der Waals surface area contributed by atoms with E-state index in [-0.39, 0.29) is 12.0 Å². The van der Waals surface area contributed by atoms with Gasteiger partial charge in [0.25, 0.3) is 5.91 Å². The van der Waals surface area contributed by atoms with Crippen molar-refractivity contribution in [3.63, 3.8) is 0 Å². The first-order valence-electron chi connectivity index (χ1n) is 17.5. The fourth-order valence-electron chi connectivity index (χ4n) is 6.03. The molecule has 0 aliphatic carbocycles. The third-order valence-corrected chi connectivity index (χ3v) is 8.81. The number of aliphatic carboxylic acids is 1. The van der Waals surface area contributed by atoms with E-state index in [9.17, 15) is 19.5 Å². The molecule has 52 heavy (non-hydrogen) atoms. The van der Waals surface area contributed by atoms with Crippen LogP contribution in [0.5, 0.6) is 11.5 Å². The van der Waals surface area contributed by atoms with Gasteiger partial charge in [-0.3, -0.25) is 9.59 Å². The zero-order valence-corrected chi connectivity index (χ0v) is 32.6. The smallest absolute Gasteiger partial charge is 0.410 e. The molecule has 3 aromatic carbocycles. The number of carbonyl (C=O) groups excluding carboxylic acids is 2. The lowest BCUT2D eigenvalue weighted by Gasteiger charge is -2.31. The van der Waals surface area contributed by atoms with E-state index in [1.807, 2.05) is 65.8 Å². The predicted octanol–water partition coefficient (Wildman–Crippen LogP) is 8.98. The van der Waals surface area contributed by atoms with Crippen molar-refractivity contribution in [3.8, 4) is 11.5 Å². The summed E-state index contributed by atoms with van der Waals surface area (Å²) in [5.41, 5.74) is 1.78. The zero-order valence-electron chi connectivity index (χ0n) is 31.0. The number of carbonyl (C=O) groups is 3.